The highest BCUT2D eigenvalue weighted by Gasteiger charge is 2.38. The summed E-state index contributed by atoms with van der Waals surface area (Å²) in [4.78, 5) is 4.81. The van der Waals surface area contributed by atoms with E-state index in [1.807, 2.05) is 0 Å². The SMILES string of the molecule is Cc1ccc(N(c2ccc3c(c2)C(C)(C)c2cc(/C=C/c4ccc5c(c4)C(C)(C)c4cc(N(c6ccc(C)cc6)c6ccccc6C)ccc4-5)ccc2-3)c2ccccc2C)cc1. The molecule has 0 spiro atoms. The topological polar surface area (TPSA) is 6.48 Å². The Kier molecular flexibility index (Phi) is 9.45. The van der Waals surface area contributed by atoms with Crippen LogP contribution in [0, 0.1) is 27.7 Å². The van der Waals surface area contributed by atoms with E-state index >= 15 is 0 Å². The summed E-state index contributed by atoms with van der Waals surface area (Å²) in [7, 11) is 0. The molecule has 0 bridgehead atoms. The maximum absolute atomic E-state index is 2.42. The first-order chi connectivity index (χ1) is 29.9. The van der Waals surface area contributed by atoms with Crippen LogP contribution in [0.15, 0.2) is 170 Å². The normalized spacial score (nSPS) is 14.0. The number of nitrogens with zero attached hydrogens (tertiary/aromatic N) is 2. The third-order valence-electron chi connectivity index (χ3n) is 13.6. The van der Waals surface area contributed by atoms with E-state index in [9.17, 15) is 0 Å². The molecule has 8 aromatic carbocycles. The summed E-state index contributed by atoms with van der Waals surface area (Å²) in [5, 5.41) is 0. The van der Waals surface area contributed by atoms with Crippen molar-refractivity contribution in [1.29, 1.82) is 0 Å². The molecule has 0 aromatic heterocycles. The standard InChI is InChI=1S/C60H54N2/c1-39-17-25-45(26-18-39)61(57-15-11-9-13-41(57)3)47-29-33-51-49-31-23-43(35-53(49)59(5,6)55(51)37-47)21-22-44-24-32-50-52-34-30-48(38-56(52)60(7,8)54(50)36-44)62(46-27-19-40(2)20-28-46)58-16-12-10-14-42(58)4/h9-38H,1-8H3/b22-21+. The third kappa shape index (κ3) is 6.57. The van der Waals surface area contributed by atoms with E-state index in [0.29, 0.717) is 0 Å². The Labute approximate surface area is 368 Å². The van der Waals surface area contributed by atoms with Crippen LogP contribution in [-0.4, -0.2) is 0 Å². The number of rotatable bonds is 8. The van der Waals surface area contributed by atoms with E-state index < -0.39 is 0 Å². The predicted molar refractivity (Wildman–Crippen MR) is 265 cm³/mol. The zero-order chi connectivity index (χ0) is 42.9. The summed E-state index contributed by atoms with van der Waals surface area (Å²) in [6, 6.07) is 63.3. The molecule has 0 fully saturated rings. The van der Waals surface area contributed by atoms with E-state index in [2.05, 4.69) is 247 Å². The fourth-order valence-corrected chi connectivity index (χ4v) is 10.0. The van der Waals surface area contributed by atoms with E-state index in [1.54, 1.807) is 0 Å². The second-order valence-corrected chi connectivity index (χ2v) is 18.6. The maximum Gasteiger partial charge on any atom is 0.0490 e. The lowest BCUT2D eigenvalue weighted by Gasteiger charge is -2.29. The zero-order valence-corrected chi connectivity index (χ0v) is 37.2. The van der Waals surface area contributed by atoms with E-state index in [4.69, 9.17) is 0 Å². The van der Waals surface area contributed by atoms with Crippen molar-refractivity contribution in [2.75, 3.05) is 9.80 Å². The van der Waals surface area contributed by atoms with Gasteiger partial charge in [-0.05, 0) is 155 Å². The van der Waals surface area contributed by atoms with Crippen LogP contribution in [0.1, 0.15) is 83.3 Å². The van der Waals surface area contributed by atoms with E-state index in [-0.39, 0.29) is 10.8 Å². The molecule has 0 unspecified atom stereocenters. The lowest BCUT2D eigenvalue weighted by Crippen LogP contribution is -2.17. The van der Waals surface area contributed by atoms with Gasteiger partial charge in [-0.25, -0.2) is 0 Å². The minimum Gasteiger partial charge on any atom is -0.310 e. The lowest BCUT2D eigenvalue weighted by atomic mass is 9.81. The van der Waals surface area contributed by atoms with Crippen LogP contribution in [0.25, 0.3) is 34.4 Å². The Morgan fingerprint density at radius 1 is 0.339 bits per heavy atom. The summed E-state index contributed by atoms with van der Waals surface area (Å²) in [6.45, 7) is 18.2. The van der Waals surface area contributed by atoms with Crippen molar-refractivity contribution in [3.8, 4) is 22.3 Å². The van der Waals surface area contributed by atoms with Crippen LogP contribution in [-0.2, 0) is 10.8 Å². The molecule has 0 atom stereocenters. The largest absolute Gasteiger partial charge is 0.310 e. The molecule has 0 radical (unpaired) electrons. The van der Waals surface area contributed by atoms with Crippen LogP contribution in [0.4, 0.5) is 34.1 Å². The second kappa shape index (κ2) is 14.9. The molecule has 0 aliphatic heterocycles. The highest BCUT2D eigenvalue weighted by Crippen LogP contribution is 2.53. The Hall–Kier alpha value is -6.90. The fourth-order valence-electron chi connectivity index (χ4n) is 10.0. The number of para-hydroxylation sites is 2. The molecule has 2 aliphatic rings. The second-order valence-electron chi connectivity index (χ2n) is 18.6. The van der Waals surface area contributed by atoms with Gasteiger partial charge >= 0.3 is 0 Å². The van der Waals surface area contributed by atoms with Crippen molar-refractivity contribution in [1.82, 2.24) is 0 Å². The van der Waals surface area contributed by atoms with E-state index in [1.165, 1.54) is 101 Å². The van der Waals surface area contributed by atoms with Gasteiger partial charge in [-0.1, -0.05) is 160 Å². The molecule has 8 aromatic rings. The number of fused-ring (bicyclic) bond motifs is 6. The lowest BCUT2D eigenvalue weighted by molar-refractivity contribution is 0.660. The number of hydrogen-bond donors (Lipinski definition) is 0. The summed E-state index contributed by atoms with van der Waals surface area (Å²) >= 11 is 0. The van der Waals surface area contributed by atoms with Gasteiger partial charge in [-0.3, -0.25) is 0 Å². The molecule has 0 amide bonds. The van der Waals surface area contributed by atoms with Gasteiger partial charge in [0.2, 0.25) is 0 Å². The van der Waals surface area contributed by atoms with Crippen LogP contribution in [0.3, 0.4) is 0 Å². The Morgan fingerprint density at radius 3 is 1.03 bits per heavy atom. The molecule has 2 heteroatoms. The van der Waals surface area contributed by atoms with Crippen LogP contribution >= 0.6 is 0 Å². The molecular formula is C60H54N2. The van der Waals surface area contributed by atoms with Gasteiger partial charge in [0.25, 0.3) is 0 Å². The molecule has 2 nitrogen and oxygen atoms in total. The smallest absolute Gasteiger partial charge is 0.0490 e. The molecule has 0 heterocycles. The Bertz CT molecular complexity index is 2840. The number of aryl methyl sites for hydroxylation is 4. The van der Waals surface area contributed by atoms with E-state index in [0.717, 1.165) is 11.4 Å². The summed E-state index contributed by atoms with van der Waals surface area (Å²) in [5.74, 6) is 0. The Morgan fingerprint density at radius 2 is 0.661 bits per heavy atom. The zero-order valence-electron chi connectivity index (χ0n) is 37.2. The Balaban J connectivity index is 0.947. The minimum atomic E-state index is -0.161. The van der Waals surface area contributed by atoms with Gasteiger partial charge in [0.15, 0.2) is 0 Å². The van der Waals surface area contributed by atoms with Crippen molar-refractivity contribution in [2.24, 2.45) is 0 Å². The molecule has 2 aliphatic carbocycles. The van der Waals surface area contributed by atoms with Crippen LogP contribution in [0.5, 0.6) is 0 Å². The maximum atomic E-state index is 2.42. The average Bonchev–Trinajstić information content (AvgIpc) is 3.63. The van der Waals surface area contributed by atoms with Gasteiger partial charge in [-0.2, -0.15) is 0 Å². The first-order valence-electron chi connectivity index (χ1n) is 22.0. The van der Waals surface area contributed by atoms with Crippen molar-refractivity contribution in [3.05, 3.63) is 225 Å². The van der Waals surface area contributed by atoms with Gasteiger partial charge in [-0.15, -0.1) is 0 Å². The first-order valence-corrected chi connectivity index (χ1v) is 22.0. The van der Waals surface area contributed by atoms with Crippen LogP contribution in [0.2, 0.25) is 0 Å². The fraction of sp³-hybridized carbons (Fsp3) is 0.167. The van der Waals surface area contributed by atoms with Gasteiger partial charge in [0, 0.05) is 45.0 Å². The molecule has 0 saturated heterocycles. The number of benzene rings is 8. The highest BCUT2D eigenvalue weighted by molar-refractivity contribution is 5.89. The van der Waals surface area contributed by atoms with Gasteiger partial charge in [0.1, 0.15) is 0 Å². The molecular weight excluding hydrogens is 749 g/mol. The number of hydrogen-bond acceptors (Lipinski definition) is 2. The third-order valence-corrected chi connectivity index (χ3v) is 13.6. The van der Waals surface area contributed by atoms with Crippen LogP contribution < -0.4 is 9.80 Å². The van der Waals surface area contributed by atoms with Crippen molar-refractivity contribution in [3.63, 3.8) is 0 Å². The monoisotopic (exact) mass is 802 g/mol. The molecule has 0 N–H and O–H groups in total. The average molecular weight is 803 g/mol. The summed E-state index contributed by atoms with van der Waals surface area (Å²) in [5.41, 5.74) is 25.0. The predicted octanol–water partition coefficient (Wildman–Crippen LogP) is 16.6. The van der Waals surface area contributed by atoms with Crippen molar-refractivity contribution >= 4 is 46.3 Å². The molecule has 304 valence electrons. The molecule has 10 rings (SSSR count). The molecule has 62 heavy (non-hydrogen) atoms. The molecule has 0 saturated carbocycles. The first kappa shape index (κ1) is 39.2. The summed E-state index contributed by atoms with van der Waals surface area (Å²) < 4.78 is 0. The van der Waals surface area contributed by atoms with Gasteiger partial charge in [0.05, 0.1) is 0 Å². The number of anilines is 6. The minimum absolute atomic E-state index is 0.161. The highest BCUT2D eigenvalue weighted by atomic mass is 15.1. The van der Waals surface area contributed by atoms with Gasteiger partial charge < -0.3 is 9.80 Å². The van der Waals surface area contributed by atoms with Crippen molar-refractivity contribution < 1.29 is 0 Å². The summed E-state index contributed by atoms with van der Waals surface area (Å²) in [6.07, 6.45) is 4.58. The van der Waals surface area contributed by atoms with Crippen molar-refractivity contribution in [2.45, 2.75) is 66.2 Å². The quantitative estimate of drug-likeness (QED) is 0.141.